The van der Waals surface area contributed by atoms with Crippen molar-refractivity contribution in [3.05, 3.63) is 27.7 Å². The van der Waals surface area contributed by atoms with E-state index in [1.54, 1.807) is 6.07 Å². The van der Waals surface area contributed by atoms with E-state index in [0.717, 1.165) is 22.0 Å². The van der Waals surface area contributed by atoms with Crippen LogP contribution in [-0.2, 0) is 16.6 Å². The maximum atomic E-state index is 12.8. The maximum Gasteiger partial charge on any atom is 0.243 e. The number of sulfonamides is 1. The van der Waals surface area contributed by atoms with E-state index in [1.807, 2.05) is 33.9 Å². The predicted molar refractivity (Wildman–Crippen MR) is 86.4 cm³/mol. The number of rotatable bonds is 7. The Morgan fingerprint density at radius 3 is 2.45 bits per heavy atom. The normalized spacial score (nSPS) is 12.1. The van der Waals surface area contributed by atoms with Crippen LogP contribution in [0.5, 0.6) is 0 Å². The van der Waals surface area contributed by atoms with Crippen molar-refractivity contribution < 1.29 is 8.42 Å². The summed E-state index contributed by atoms with van der Waals surface area (Å²) >= 11 is 3.46. The molecule has 0 heterocycles. The quantitative estimate of drug-likeness (QED) is 0.811. The molecule has 4 nitrogen and oxygen atoms in total. The fourth-order valence-electron chi connectivity index (χ4n) is 2.12. The van der Waals surface area contributed by atoms with Gasteiger partial charge >= 0.3 is 0 Å². The van der Waals surface area contributed by atoms with Gasteiger partial charge in [0.15, 0.2) is 0 Å². The van der Waals surface area contributed by atoms with Crippen LogP contribution in [0.15, 0.2) is 21.5 Å². The van der Waals surface area contributed by atoms with E-state index < -0.39 is 10.0 Å². The lowest BCUT2D eigenvalue weighted by molar-refractivity contribution is 0.426. The molecule has 0 aliphatic rings. The third-order valence-electron chi connectivity index (χ3n) is 3.18. The predicted octanol–water partition coefficient (Wildman–Crippen LogP) is 2.90. The Hall–Kier alpha value is -0.430. The highest BCUT2D eigenvalue weighted by molar-refractivity contribution is 9.10. The number of halogens is 1. The minimum atomic E-state index is -3.43. The standard InChI is InChI=1S/C14H23BrN2O2S/c1-5-7-17(6-2)20(18,19)14-9-12(10-16-4)8-13(15)11(14)3/h8-9,16H,5-7,10H2,1-4H3. The van der Waals surface area contributed by atoms with Gasteiger partial charge in [-0.3, -0.25) is 0 Å². The van der Waals surface area contributed by atoms with Crippen molar-refractivity contribution in [1.82, 2.24) is 9.62 Å². The van der Waals surface area contributed by atoms with Crippen molar-refractivity contribution in [2.45, 2.75) is 38.6 Å². The molecule has 1 N–H and O–H groups in total. The Bertz CT molecular complexity index is 559. The third kappa shape index (κ3) is 3.81. The number of hydrogen-bond acceptors (Lipinski definition) is 3. The molecule has 20 heavy (non-hydrogen) atoms. The first-order chi connectivity index (χ1) is 9.38. The smallest absolute Gasteiger partial charge is 0.243 e. The van der Waals surface area contributed by atoms with Crippen LogP contribution in [-0.4, -0.2) is 32.9 Å². The third-order valence-corrected chi connectivity index (χ3v) is 6.11. The number of benzene rings is 1. The Morgan fingerprint density at radius 1 is 1.30 bits per heavy atom. The first-order valence-corrected chi connectivity index (χ1v) is 9.05. The van der Waals surface area contributed by atoms with Gasteiger partial charge in [0.1, 0.15) is 0 Å². The van der Waals surface area contributed by atoms with E-state index in [2.05, 4.69) is 21.2 Å². The zero-order chi connectivity index (χ0) is 15.3. The van der Waals surface area contributed by atoms with E-state index in [0.29, 0.717) is 24.5 Å². The van der Waals surface area contributed by atoms with Gasteiger partial charge in [0.05, 0.1) is 4.90 Å². The van der Waals surface area contributed by atoms with Gasteiger partial charge in [-0.25, -0.2) is 8.42 Å². The van der Waals surface area contributed by atoms with Crippen LogP contribution in [0.4, 0.5) is 0 Å². The fourth-order valence-corrected chi connectivity index (χ4v) is 4.59. The molecule has 0 aliphatic heterocycles. The molecule has 0 atom stereocenters. The van der Waals surface area contributed by atoms with Gasteiger partial charge in [-0.1, -0.05) is 29.8 Å². The van der Waals surface area contributed by atoms with Crippen LogP contribution >= 0.6 is 15.9 Å². The average molecular weight is 363 g/mol. The highest BCUT2D eigenvalue weighted by Crippen LogP contribution is 2.28. The lowest BCUT2D eigenvalue weighted by Crippen LogP contribution is -2.32. The maximum absolute atomic E-state index is 12.8. The molecular formula is C14H23BrN2O2S. The average Bonchev–Trinajstić information content (AvgIpc) is 2.39. The fraction of sp³-hybridized carbons (Fsp3) is 0.571. The zero-order valence-corrected chi connectivity index (χ0v) is 14.9. The van der Waals surface area contributed by atoms with Crippen LogP contribution in [0.1, 0.15) is 31.4 Å². The van der Waals surface area contributed by atoms with Crippen molar-refractivity contribution >= 4 is 26.0 Å². The van der Waals surface area contributed by atoms with E-state index >= 15 is 0 Å². The molecule has 0 radical (unpaired) electrons. The molecule has 0 aromatic heterocycles. The molecule has 1 aromatic rings. The van der Waals surface area contributed by atoms with Crippen LogP contribution in [0.3, 0.4) is 0 Å². The first kappa shape index (κ1) is 17.6. The largest absolute Gasteiger partial charge is 0.316 e. The van der Waals surface area contributed by atoms with Gasteiger partial charge < -0.3 is 5.32 Å². The topological polar surface area (TPSA) is 49.4 Å². The molecule has 1 aromatic carbocycles. The molecule has 0 fully saturated rings. The highest BCUT2D eigenvalue weighted by Gasteiger charge is 2.25. The van der Waals surface area contributed by atoms with Crippen molar-refractivity contribution in [2.24, 2.45) is 0 Å². The van der Waals surface area contributed by atoms with E-state index in [4.69, 9.17) is 0 Å². The second-order valence-corrected chi connectivity index (χ2v) is 7.49. The summed E-state index contributed by atoms with van der Waals surface area (Å²) in [7, 11) is -1.59. The molecule has 6 heteroatoms. The van der Waals surface area contributed by atoms with Crippen LogP contribution in [0.2, 0.25) is 0 Å². The molecule has 0 saturated heterocycles. The molecule has 1 rings (SSSR count). The number of nitrogens with one attached hydrogen (secondary N) is 1. The van der Waals surface area contributed by atoms with Gasteiger partial charge in [-0.2, -0.15) is 4.31 Å². The summed E-state index contributed by atoms with van der Waals surface area (Å²) in [5, 5.41) is 3.05. The Balaban J connectivity index is 3.36. The van der Waals surface area contributed by atoms with Crippen LogP contribution < -0.4 is 5.32 Å². The molecule has 114 valence electrons. The second-order valence-electron chi connectivity index (χ2n) is 4.73. The molecule has 0 aliphatic carbocycles. The van der Waals surface area contributed by atoms with Gasteiger partial charge in [-0.15, -0.1) is 0 Å². The molecule has 0 unspecified atom stereocenters. The van der Waals surface area contributed by atoms with E-state index in [1.165, 1.54) is 4.31 Å². The lowest BCUT2D eigenvalue weighted by Gasteiger charge is -2.22. The molecule has 0 amide bonds. The Labute approximate surface area is 130 Å². The lowest BCUT2D eigenvalue weighted by atomic mass is 10.1. The Morgan fingerprint density at radius 2 is 1.95 bits per heavy atom. The molecular weight excluding hydrogens is 340 g/mol. The summed E-state index contributed by atoms with van der Waals surface area (Å²) in [5.41, 5.74) is 1.72. The molecule has 0 bridgehead atoms. The summed E-state index contributed by atoms with van der Waals surface area (Å²) < 4.78 is 27.9. The van der Waals surface area contributed by atoms with Gasteiger partial charge in [0.25, 0.3) is 0 Å². The summed E-state index contributed by atoms with van der Waals surface area (Å²) in [6.07, 6.45) is 0.809. The van der Waals surface area contributed by atoms with Crippen molar-refractivity contribution in [3.8, 4) is 0 Å². The highest BCUT2D eigenvalue weighted by atomic mass is 79.9. The number of hydrogen-bond donors (Lipinski definition) is 1. The minimum absolute atomic E-state index is 0.396. The summed E-state index contributed by atoms with van der Waals surface area (Å²) in [6, 6.07) is 3.73. The van der Waals surface area contributed by atoms with Crippen molar-refractivity contribution in [1.29, 1.82) is 0 Å². The van der Waals surface area contributed by atoms with Crippen LogP contribution in [0.25, 0.3) is 0 Å². The zero-order valence-electron chi connectivity index (χ0n) is 12.5. The number of nitrogens with zero attached hydrogens (tertiary/aromatic N) is 1. The Kier molecular flexibility index (Phi) is 6.64. The van der Waals surface area contributed by atoms with Crippen molar-refractivity contribution in [3.63, 3.8) is 0 Å². The first-order valence-electron chi connectivity index (χ1n) is 6.82. The van der Waals surface area contributed by atoms with Gasteiger partial charge in [0, 0.05) is 24.1 Å². The summed E-state index contributed by atoms with van der Waals surface area (Å²) in [6.45, 7) is 7.37. The molecule has 0 saturated carbocycles. The monoisotopic (exact) mass is 362 g/mol. The molecule has 0 spiro atoms. The SMILES string of the molecule is CCCN(CC)S(=O)(=O)c1cc(CNC)cc(Br)c1C. The van der Waals surface area contributed by atoms with Gasteiger partial charge in [0.2, 0.25) is 10.0 Å². The summed E-state index contributed by atoms with van der Waals surface area (Å²) in [5.74, 6) is 0. The van der Waals surface area contributed by atoms with Gasteiger partial charge in [-0.05, 0) is 43.7 Å². The van der Waals surface area contributed by atoms with E-state index in [9.17, 15) is 8.42 Å². The second kappa shape index (κ2) is 7.54. The summed E-state index contributed by atoms with van der Waals surface area (Å²) in [4.78, 5) is 0.396. The van der Waals surface area contributed by atoms with Crippen molar-refractivity contribution in [2.75, 3.05) is 20.1 Å². The van der Waals surface area contributed by atoms with E-state index in [-0.39, 0.29) is 0 Å². The van der Waals surface area contributed by atoms with Crippen LogP contribution in [0, 0.1) is 6.92 Å². The minimum Gasteiger partial charge on any atom is -0.316 e.